The highest BCUT2D eigenvalue weighted by Gasteiger charge is 2.04. The van der Waals surface area contributed by atoms with Gasteiger partial charge in [-0.25, -0.2) is 0 Å². The fourth-order valence-electron chi connectivity index (χ4n) is 1.55. The molecule has 0 spiro atoms. The van der Waals surface area contributed by atoms with Crippen molar-refractivity contribution in [2.24, 2.45) is 0 Å². The maximum atomic E-state index is 5.60. The minimum absolute atomic E-state index is 0.370. The van der Waals surface area contributed by atoms with E-state index in [1.54, 1.807) is 23.7 Å². The van der Waals surface area contributed by atoms with Crippen LogP contribution in [0.25, 0.3) is 0 Å². The van der Waals surface area contributed by atoms with Crippen LogP contribution in [0.5, 0.6) is 5.75 Å². The van der Waals surface area contributed by atoms with E-state index in [4.69, 9.17) is 4.74 Å². The summed E-state index contributed by atoms with van der Waals surface area (Å²) in [7, 11) is 0. The Hall–Kier alpha value is -0.910. The molecule has 2 rings (SSSR count). The Bertz CT molecular complexity index is 476. The summed E-state index contributed by atoms with van der Waals surface area (Å²) in [5.74, 6) is 0.787. The fourth-order valence-corrected chi connectivity index (χ4v) is 2.66. The van der Waals surface area contributed by atoms with E-state index in [9.17, 15) is 0 Å². The molecule has 0 amide bonds. The van der Waals surface area contributed by atoms with Crippen LogP contribution >= 0.6 is 27.3 Å². The maximum absolute atomic E-state index is 5.60. The van der Waals surface area contributed by atoms with Gasteiger partial charge in [0.05, 0.1) is 6.20 Å². The molecule has 0 radical (unpaired) electrons. The third kappa shape index (κ3) is 4.08. The van der Waals surface area contributed by atoms with E-state index in [2.05, 4.69) is 50.7 Å². The highest BCUT2D eigenvalue weighted by atomic mass is 79.9. The number of thiophene rings is 1. The molecule has 1 unspecified atom stereocenters. The molecule has 0 saturated heterocycles. The van der Waals surface area contributed by atoms with Gasteiger partial charge in [-0.2, -0.15) is 0 Å². The van der Waals surface area contributed by atoms with Crippen molar-refractivity contribution < 1.29 is 4.74 Å². The standard InChI is InChI=1S/C13H15BrN2OS/c1-10(13-3-2-6-18-13)16-4-5-17-12-7-11(14)8-15-9-12/h2-3,6-10,16H,4-5H2,1H3. The van der Waals surface area contributed by atoms with Crippen molar-refractivity contribution in [1.82, 2.24) is 10.3 Å². The molecule has 96 valence electrons. The van der Waals surface area contributed by atoms with Crippen LogP contribution in [0.15, 0.2) is 40.4 Å². The second-order valence-electron chi connectivity index (χ2n) is 3.88. The van der Waals surface area contributed by atoms with E-state index >= 15 is 0 Å². The van der Waals surface area contributed by atoms with Crippen LogP contribution in [-0.4, -0.2) is 18.1 Å². The van der Waals surface area contributed by atoms with Crippen LogP contribution in [0.2, 0.25) is 0 Å². The first kappa shape index (κ1) is 13.5. The summed E-state index contributed by atoms with van der Waals surface area (Å²) in [4.78, 5) is 5.39. The zero-order chi connectivity index (χ0) is 12.8. The molecule has 18 heavy (non-hydrogen) atoms. The van der Waals surface area contributed by atoms with E-state index in [0.717, 1.165) is 16.8 Å². The molecule has 0 fully saturated rings. The van der Waals surface area contributed by atoms with Gasteiger partial charge >= 0.3 is 0 Å². The highest BCUT2D eigenvalue weighted by Crippen LogP contribution is 2.18. The van der Waals surface area contributed by atoms with Crippen molar-refractivity contribution in [3.05, 3.63) is 45.3 Å². The number of rotatable bonds is 6. The third-order valence-electron chi connectivity index (χ3n) is 2.47. The van der Waals surface area contributed by atoms with E-state index in [1.165, 1.54) is 4.88 Å². The SMILES string of the molecule is CC(NCCOc1cncc(Br)c1)c1cccs1. The number of halogens is 1. The van der Waals surface area contributed by atoms with Gasteiger partial charge in [0.15, 0.2) is 0 Å². The Balaban J connectivity index is 1.70. The molecule has 0 saturated carbocycles. The number of aromatic nitrogens is 1. The number of nitrogens with one attached hydrogen (secondary N) is 1. The largest absolute Gasteiger partial charge is 0.491 e. The molecule has 2 aromatic heterocycles. The van der Waals surface area contributed by atoms with Crippen LogP contribution < -0.4 is 10.1 Å². The molecular weight excluding hydrogens is 312 g/mol. The van der Waals surface area contributed by atoms with Crippen LogP contribution in [-0.2, 0) is 0 Å². The first-order valence-corrected chi connectivity index (χ1v) is 7.43. The van der Waals surface area contributed by atoms with Crippen molar-refractivity contribution >= 4 is 27.3 Å². The monoisotopic (exact) mass is 326 g/mol. The van der Waals surface area contributed by atoms with Gasteiger partial charge in [-0.1, -0.05) is 6.07 Å². The molecule has 0 aliphatic rings. The van der Waals surface area contributed by atoms with Crippen molar-refractivity contribution in [1.29, 1.82) is 0 Å². The van der Waals surface area contributed by atoms with E-state index < -0.39 is 0 Å². The lowest BCUT2D eigenvalue weighted by atomic mass is 10.3. The lowest BCUT2D eigenvalue weighted by Gasteiger charge is -2.12. The molecule has 0 aliphatic carbocycles. The van der Waals surface area contributed by atoms with Crippen molar-refractivity contribution in [2.75, 3.05) is 13.2 Å². The average molecular weight is 327 g/mol. The number of ether oxygens (including phenoxy) is 1. The average Bonchev–Trinajstić information content (AvgIpc) is 2.88. The van der Waals surface area contributed by atoms with Crippen LogP contribution in [0.1, 0.15) is 17.8 Å². The molecule has 1 atom stereocenters. The Morgan fingerprint density at radius 3 is 3.11 bits per heavy atom. The predicted molar refractivity (Wildman–Crippen MR) is 78.2 cm³/mol. The number of nitrogens with zero attached hydrogens (tertiary/aromatic N) is 1. The molecular formula is C13H15BrN2OS. The van der Waals surface area contributed by atoms with Gasteiger partial charge in [0.1, 0.15) is 12.4 Å². The van der Waals surface area contributed by atoms with E-state index in [0.29, 0.717) is 12.6 Å². The normalized spacial score (nSPS) is 12.3. The zero-order valence-electron chi connectivity index (χ0n) is 10.1. The second kappa shape index (κ2) is 6.87. The van der Waals surface area contributed by atoms with Gasteiger partial charge in [0.25, 0.3) is 0 Å². The maximum Gasteiger partial charge on any atom is 0.138 e. The first-order valence-electron chi connectivity index (χ1n) is 5.76. The number of hydrogen-bond donors (Lipinski definition) is 1. The highest BCUT2D eigenvalue weighted by molar-refractivity contribution is 9.10. The van der Waals surface area contributed by atoms with Crippen LogP contribution in [0, 0.1) is 0 Å². The van der Waals surface area contributed by atoms with Gasteiger partial charge in [0, 0.05) is 28.1 Å². The van der Waals surface area contributed by atoms with Crippen molar-refractivity contribution in [3.63, 3.8) is 0 Å². The van der Waals surface area contributed by atoms with Gasteiger partial charge in [-0.3, -0.25) is 4.98 Å². The van der Waals surface area contributed by atoms with E-state index in [1.807, 2.05) is 6.07 Å². The quantitative estimate of drug-likeness (QED) is 0.823. The molecule has 5 heteroatoms. The Kier molecular flexibility index (Phi) is 5.16. The summed E-state index contributed by atoms with van der Waals surface area (Å²) >= 11 is 5.13. The molecule has 0 aliphatic heterocycles. The summed E-state index contributed by atoms with van der Waals surface area (Å²) in [5, 5.41) is 5.52. The minimum Gasteiger partial charge on any atom is -0.491 e. The van der Waals surface area contributed by atoms with E-state index in [-0.39, 0.29) is 0 Å². The molecule has 0 aromatic carbocycles. The summed E-state index contributed by atoms with van der Waals surface area (Å²) in [6.07, 6.45) is 3.46. The summed E-state index contributed by atoms with van der Waals surface area (Å²) < 4.78 is 6.53. The lowest BCUT2D eigenvalue weighted by molar-refractivity contribution is 0.306. The Labute approximate surface area is 119 Å². The molecule has 1 N–H and O–H groups in total. The topological polar surface area (TPSA) is 34.1 Å². The Morgan fingerprint density at radius 1 is 1.50 bits per heavy atom. The van der Waals surface area contributed by atoms with Crippen LogP contribution in [0.3, 0.4) is 0 Å². The summed E-state index contributed by atoms with van der Waals surface area (Å²) in [5.41, 5.74) is 0. The Morgan fingerprint density at radius 2 is 2.39 bits per heavy atom. The summed E-state index contributed by atoms with van der Waals surface area (Å²) in [6, 6.07) is 6.49. The molecule has 3 nitrogen and oxygen atoms in total. The fraction of sp³-hybridized carbons (Fsp3) is 0.308. The lowest BCUT2D eigenvalue weighted by Crippen LogP contribution is -2.23. The van der Waals surface area contributed by atoms with Crippen LogP contribution in [0.4, 0.5) is 0 Å². The minimum atomic E-state index is 0.370. The van der Waals surface area contributed by atoms with Crippen molar-refractivity contribution in [3.8, 4) is 5.75 Å². The molecule has 0 bridgehead atoms. The van der Waals surface area contributed by atoms with Gasteiger partial charge in [-0.15, -0.1) is 11.3 Å². The molecule has 2 heterocycles. The predicted octanol–water partition coefficient (Wildman–Crippen LogP) is 3.64. The van der Waals surface area contributed by atoms with Gasteiger partial charge < -0.3 is 10.1 Å². The smallest absolute Gasteiger partial charge is 0.138 e. The van der Waals surface area contributed by atoms with Crippen molar-refractivity contribution in [2.45, 2.75) is 13.0 Å². The molecule has 2 aromatic rings. The van der Waals surface area contributed by atoms with Gasteiger partial charge in [-0.05, 0) is 40.4 Å². The summed E-state index contributed by atoms with van der Waals surface area (Å²) in [6.45, 7) is 3.60. The number of pyridine rings is 1. The zero-order valence-corrected chi connectivity index (χ0v) is 12.5. The third-order valence-corrected chi connectivity index (χ3v) is 3.96. The first-order chi connectivity index (χ1) is 8.75. The van der Waals surface area contributed by atoms with Gasteiger partial charge in [0.2, 0.25) is 0 Å². The second-order valence-corrected chi connectivity index (χ2v) is 5.77. The number of hydrogen-bond acceptors (Lipinski definition) is 4.